The predicted molar refractivity (Wildman–Crippen MR) is 96.3 cm³/mol. The molecule has 0 saturated carbocycles. The number of nitrogens with one attached hydrogen (secondary N) is 2. The zero-order valence-corrected chi connectivity index (χ0v) is 15.6. The van der Waals surface area contributed by atoms with Gasteiger partial charge in [-0.1, -0.05) is 0 Å². The van der Waals surface area contributed by atoms with Gasteiger partial charge < -0.3 is 9.32 Å². The smallest absolute Gasteiger partial charge is 0.295 e. The number of sulfonamides is 1. The Labute approximate surface area is 155 Å². The third-order valence-electron chi connectivity index (χ3n) is 3.80. The zero-order valence-electron chi connectivity index (χ0n) is 14.8. The van der Waals surface area contributed by atoms with Gasteiger partial charge in [-0.15, -0.1) is 0 Å². The summed E-state index contributed by atoms with van der Waals surface area (Å²) in [6.45, 7) is 1.58. The van der Waals surface area contributed by atoms with Gasteiger partial charge in [-0.3, -0.25) is 14.6 Å². The lowest BCUT2D eigenvalue weighted by atomic mass is 10.2. The van der Waals surface area contributed by atoms with Crippen LogP contribution in [0, 0.1) is 12.7 Å². The van der Waals surface area contributed by atoms with Crippen molar-refractivity contribution in [3.05, 3.63) is 53.5 Å². The van der Waals surface area contributed by atoms with Crippen LogP contribution in [0.3, 0.4) is 0 Å². The molecular weight excluding hydrogens is 375 g/mol. The number of benzene rings is 1. The second kappa shape index (κ2) is 6.88. The summed E-state index contributed by atoms with van der Waals surface area (Å²) in [6, 6.07) is 6.39. The van der Waals surface area contributed by atoms with Gasteiger partial charge in [0, 0.05) is 14.1 Å². The van der Waals surface area contributed by atoms with Crippen LogP contribution in [-0.2, 0) is 10.0 Å². The van der Waals surface area contributed by atoms with Gasteiger partial charge in [0.2, 0.25) is 5.09 Å². The topological polar surface area (TPSA) is 108 Å². The van der Waals surface area contributed by atoms with Crippen molar-refractivity contribution in [1.29, 1.82) is 0 Å². The fraction of sp³-hybridized carbons (Fsp3) is 0.176. The Morgan fingerprint density at radius 2 is 2.00 bits per heavy atom. The van der Waals surface area contributed by atoms with Gasteiger partial charge in [0.15, 0.2) is 5.76 Å². The number of amides is 1. The molecule has 0 aliphatic carbocycles. The molecule has 2 aromatic heterocycles. The molecule has 0 bridgehead atoms. The summed E-state index contributed by atoms with van der Waals surface area (Å²) in [5, 5.41) is 6.12. The molecule has 0 radical (unpaired) electrons. The number of carbonyl (C=O) groups excluding carboxylic acids is 1. The SMILES string of the molecule is Cc1cc(F)ccc1NS(=O)(=O)c1ccc(-c2[nH]ncc2C(=O)N(C)C)o1. The van der Waals surface area contributed by atoms with Crippen molar-refractivity contribution >= 4 is 21.6 Å². The molecule has 3 aromatic rings. The van der Waals surface area contributed by atoms with Crippen molar-refractivity contribution in [3.8, 4) is 11.5 Å². The maximum atomic E-state index is 13.2. The Kier molecular flexibility index (Phi) is 4.75. The highest BCUT2D eigenvalue weighted by atomic mass is 32.2. The van der Waals surface area contributed by atoms with E-state index in [2.05, 4.69) is 14.9 Å². The molecule has 27 heavy (non-hydrogen) atoms. The fourth-order valence-electron chi connectivity index (χ4n) is 2.41. The Morgan fingerprint density at radius 1 is 1.26 bits per heavy atom. The number of H-pyrrole nitrogens is 1. The van der Waals surface area contributed by atoms with E-state index in [-0.39, 0.29) is 33.7 Å². The second-order valence-corrected chi connectivity index (χ2v) is 7.66. The molecule has 0 saturated heterocycles. The van der Waals surface area contributed by atoms with Crippen molar-refractivity contribution in [1.82, 2.24) is 15.1 Å². The molecule has 0 aliphatic rings. The number of halogens is 1. The van der Waals surface area contributed by atoms with Crippen LogP contribution >= 0.6 is 0 Å². The van der Waals surface area contributed by atoms with Gasteiger partial charge in [0.1, 0.15) is 11.5 Å². The number of aromatic nitrogens is 2. The van der Waals surface area contributed by atoms with Crippen LogP contribution in [0.15, 0.2) is 46.0 Å². The lowest BCUT2D eigenvalue weighted by Crippen LogP contribution is -2.21. The molecule has 1 amide bonds. The van der Waals surface area contributed by atoms with E-state index >= 15 is 0 Å². The summed E-state index contributed by atoms with van der Waals surface area (Å²) >= 11 is 0. The van der Waals surface area contributed by atoms with Gasteiger partial charge in [0.05, 0.1) is 17.4 Å². The van der Waals surface area contributed by atoms with Crippen LogP contribution in [0.25, 0.3) is 11.5 Å². The number of aryl methyl sites for hydroxylation is 1. The predicted octanol–water partition coefficient (Wildman–Crippen LogP) is 2.62. The first-order chi connectivity index (χ1) is 12.7. The van der Waals surface area contributed by atoms with Gasteiger partial charge in [-0.2, -0.15) is 13.5 Å². The molecule has 2 heterocycles. The van der Waals surface area contributed by atoms with E-state index in [1.54, 1.807) is 21.0 Å². The molecular formula is C17H17FN4O4S. The molecule has 0 atom stereocenters. The van der Waals surface area contributed by atoms with E-state index in [0.29, 0.717) is 5.56 Å². The largest absolute Gasteiger partial charge is 0.441 e. The van der Waals surface area contributed by atoms with Crippen molar-refractivity contribution in [2.24, 2.45) is 0 Å². The average molecular weight is 392 g/mol. The van der Waals surface area contributed by atoms with Crippen LogP contribution in [0.2, 0.25) is 0 Å². The monoisotopic (exact) mass is 392 g/mol. The average Bonchev–Trinajstić information content (AvgIpc) is 3.25. The first-order valence-electron chi connectivity index (χ1n) is 7.83. The van der Waals surface area contributed by atoms with Gasteiger partial charge in [-0.25, -0.2) is 4.39 Å². The molecule has 10 heteroatoms. The Hall–Kier alpha value is -3.14. The van der Waals surface area contributed by atoms with Crippen molar-refractivity contribution in [3.63, 3.8) is 0 Å². The van der Waals surface area contributed by atoms with Crippen molar-refractivity contribution in [2.75, 3.05) is 18.8 Å². The van der Waals surface area contributed by atoms with Crippen molar-refractivity contribution in [2.45, 2.75) is 12.0 Å². The fourth-order valence-corrected chi connectivity index (χ4v) is 3.48. The van der Waals surface area contributed by atoms with E-state index in [1.807, 2.05) is 0 Å². The third-order valence-corrected chi connectivity index (χ3v) is 5.04. The number of hydrogen-bond donors (Lipinski definition) is 2. The molecule has 0 fully saturated rings. The molecule has 0 unspecified atom stereocenters. The number of furan rings is 1. The summed E-state index contributed by atoms with van der Waals surface area (Å²) < 4.78 is 46.1. The minimum atomic E-state index is -4.04. The minimum absolute atomic E-state index is 0.147. The summed E-state index contributed by atoms with van der Waals surface area (Å²) in [5.41, 5.74) is 1.19. The van der Waals surface area contributed by atoms with E-state index in [9.17, 15) is 17.6 Å². The van der Waals surface area contributed by atoms with Crippen LogP contribution in [0.5, 0.6) is 0 Å². The zero-order chi connectivity index (χ0) is 19.8. The molecule has 2 N–H and O–H groups in total. The number of hydrogen-bond acceptors (Lipinski definition) is 5. The maximum absolute atomic E-state index is 13.2. The first-order valence-corrected chi connectivity index (χ1v) is 9.31. The van der Waals surface area contributed by atoms with Crippen molar-refractivity contribution < 1.29 is 22.0 Å². The van der Waals surface area contributed by atoms with Gasteiger partial charge in [-0.05, 0) is 42.8 Å². The Bertz CT molecular complexity index is 1100. The summed E-state index contributed by atoms with van der Waals surface area (Å²) in [6.07, 6.45) is 1.34. The number of nitrogens with zero attached hydrogens (tertiary/aromatic N) is 2. The molecule has 3 rings (SSSR count). The first kappa shape index (κ1) is 18.6. The van der Waals surface area contributed by atoms with E-state index in [4.69, 9.17) is 4.42 Å². The molecule has 8 nitrogen and oxygen atoms in total. The minimum Gasteiger partial charge on any atom is -0.441 e. The summed E-state index contributed by atoms with van der Waals surface area (Å²) in [4.78, 5) is 13.5. The molecule has 142 valence electrons. The van der Waals surface area contributed by atoms with Gasteiger partial charge >= 0.3 is 0 Å². The Morgan fingerprint density at radius 3 is 2.67 bits per heavy atom. The quantitative estimate of drug-likeness (QED) is 0.694. The van der Waals surface area contributed by atoms with Crippen LogP contribution in [0.1, 0.15) is 15.9 Å². The summed E-state index contributed by atoms with van der Waals surface area (Å²) in [7, 11) is -0.858. The molecule has 0 spiro atoms. The molecule has 1 aromatic carbocycles. The highest BCUT2D eigenvalue weighted by Gasteiger charge is 2.24. The van der Waals surface area contributed by atoms with Gasteiger partial charge in [0.25, 0.3) is 15.9 Å². The van der Waals surface area contributed by atoms with Crippen LogP contribution in [0.4, 0.5) is 10.1 Å². The number of carbonyl (C=O) groups is 1. The summed E-state index contributed by atoms with van der Waals surface area (Å²) in [5.74, 6) is -0.624. The maximum Gasteiger partial charge on any atom is 0.295 e. The van der Waals surface area contributed by atoms with E-state index < -0.39 is 15.8 Å². The lowest BCUT2D eigenvalue weighted by Gasteiger charge is -2.09. The van der Waals surface area contributed by atoms with E-state index in [1.165, 1.54) is 35.4 Å². The lowest BCUT2D eigenvalue weighted by molar-refractivity contribution is 0.0828. The Balaban J connectivity index is 1.92. The third kappa shape index (κ3) is 3.70. The highest BCUT2D eigenvalue weighted by molar-refractivity contribution is 7.92. The number of rotatable bonds is 5. The number of aromatic amines is 1. The molecule has 0 aliphatic heterocycles. The van der Waals surface area contributed by atoms with Crippen LogP contribution < -0.4 is 4.72 Å². The highest BCUT2D eigenvalue weighted by Crippen LogP contribution is 2.28. The van der Waals surface area contributed by atoms with Crippen LogP contribution in [-0.4, -0.2) is 43.5 Å². The second-order valence-electron chi connectivity index (χ2n) is 6.04. The van der Waals surface area contributed by atoms with E-state index in [0.717, 1.165) is 6.07 Å². The number of anilines is 1. The normalized spacial score (nSPS) is 11.4. The standard InChI is InChI=1S/C17H17FN4O4S/c1-10-8-11(18)4-5-13(10)21-27(24,25)15-7-6-14(26-15)16-12(9-19-20-16)17(23)22(2)3/h4-9,21H,1-3H3,(H,19,20).